The number of aryl methyl sites for hydroxylation is 1. The first kappa shape index (κ1) is 17.0. The van der Waals surface area contributed by atoms with E-state index >= 15 is 0 Å². The molecule has 0 aliphatic rings. The molecule has 0 N–H and O–H groups in total. The van der Waals surface area contributed by atoms with Gasteiger partial charge in [0, 0.05) is 12.5 Å². The maximum atomic E-state index is 13.2. The number of fused-ring (bicyclic) bond motifs is 1. The van der Waals surface area contributed by atoms with Gasteiger partial charge in [-0.15, -0.1) is 0 Å². The van der Waals surface area contributed by atoms with Crippen molar-refractivity contribution in [1.29, 1.82) is 0 Å². The smallest absolute Gasteiger partial charge is 0.286 e. The zero-order valence-corrected chi connectivity index (χ0v) is 15.4. The lowest BCUT2D eigenvalue weighted by atomic mass is 10.1. The average Bonchev–Trinajstić information content (AvgIpc) is 3.15. The Bertz CT molecular complexity index is 1210. The van der Waals surface area contributed by atoms with Crippen LogP contribution in [0.3, 0.4) is 0 Å². The van der Waals surface area contributed by atoms with Gasteiger partial charge < -0.3 is 5.11 Å². The lowest BCUT2D eigenvalue weighted by Gasteiger charge is -2.10. The summed E-state index contributed by atoms with van der Waals surface area (Å²) in [6.07, 6.45) is 0. The third kappa shape index (κ3) is 2.59. The number of carbonyl (C=O) groups excluding carboxylic acids is 1. The number of nitrogens with zero attached hydrogens (tertiary/aromatic N) is 3. The third-order valence-corrected chi connectivity index (χ3v) is 4.82. The number of rotatable bonds is 3. The molecule has 0 spiro atoms. The monoisotopic (exact) mass is 357 g/mol. The highest BCUT2D eigenvalue weighted by Gasteiger charge is 2.28. The minimum Gasteiger partial charge on any atom is -0.869 e. The molecule has 0 atom stereocenters. The van der Waals surface area contributed by atoms with E-state index in [0.717, 1.165) is 11.5 Å². The van der Waals surface area contributed by atoms with Crippen LogP contribution in [0, 0.1) is 13.8 Å². The van der Waals surface area contributed by atoms with Gasteiger partial charge in [0.1, 0.15) is 5.35 Å². The Morgan fingerprint density at radius 1 is 1.00 bits per heavy atom. The van der Waals surface area contributed by atoms with E-state index in [1.54, 1.807) is 21.2 Å². The molecule has 134 valence electrons. The second kappa shape index (κ2) is 6.36. The third-order valence-electron chi connectivity index (χ3n) is 4.82. The van der Waals surface area contributed by atoms with Crippen molar-refractivity contribution in [2.45, 2.75) is 20.8 Å². The standard InChI is InChI=1S/C22H19N3O2/c1-14-19(15(2)26)22-23-25(18-12-8-5-9-13-18)16(3)24(22)20(14)21(27)17-10-6-4-7-11-17/h4-13H,1-3H3. The van der Waals surface area contributed by atoms with Crippen LogP contribution < -0.4 is 15.1 Å². The Hall–Kier alpha value is -3.47. The van der Waals surface area contributed by atoms with Gasteiger partial charge in [-0.1, -0.05) is 59.0 Å². The highest BCUT2D eigenvalue weighted by Crippen LogP contribution is 2.16. The molecular weight excluding hydrogens is 338 g/mol. The largest absolute Gasteiger partial charge is 0.869 e. The Morgan fingerprint density at radius 3 is 2.19 bits per heavy atom. The fourth-order valence-electron chi connectivity index (χ4n) is 3.58. The highest BCUT2D eigenvalue weighted by molar-refractivity contribution is 6.01. The van der Waals surface area contributed by atoms with Crippen molar-refractivity contribution in [3.8, 4) is 5.69 Å². The molecule has 0 unspecified atom stereocenters. The zero-order chi connectivity index (χ0) is 19.1. The number of benzene rings is 2. The summed E-state index contributed by atoms with van der Waals surface area (Å²) < 4.78 is 3.57. The second-order valence-corrected chi connectivity index (χ2v) is 6.55. The van der Waals surface area contributed by atoms with Gasteiger partial charge in [-0.2, -0.15) is 4.40 Å². The van der Waals surface area contributed by atoms with Gasteiger partial charge in [-0.05, 0) is 36.6 Å². The first-order valence-corrected chi connectivity index (χ1v) is 8.77. The molecule has 5 heteroatoms. The van der Waals surface area contributed by atoms with Crippen LogP contribution >= 0.6 is 0 Å². The van der Waals surface area contributed by atoms with E-state index in [1.165, 1.54) is 6.92 Å². The molecule has 0 aliphatic heterocycles. The summed E-state index contributed by atoms with van der Waals surface area (Å²) >= 11 is 0. The normalized spacial score (nSPS) is 12.4. The highest BCUT2D eigenvalue weighted by atomic mass is 16.3. The van der Waals surface area contributed by atoms with Crippen LogP contribution in [0.25, 0.3) is 17.1 Å². The summed E-state index contributed by atoms with van der Waals surface area (Å²) in [6.45, 7) is 5.22. The molecule has 4 aromatic rings. The fraction of sp³-hybridized carbons (Fsp3) is 0.136. The quantitative estimate of drug-likeness (QED) is 0.414. The number of aromatic nitrogens is 3. The molecule has 2 heterocycles. The van der Waals surface area contributed by atoms with E-state index in [9.17, 15) is 9.90 Å². The van der Waals surface area contributed by atoms with Crippen molar-refractivity contribution in [2.75, 3.05) is 0 Å². The van der Waals surface area contributed by atoms with Crippen LogP contribution in [0.15, 0.2) is 60.7 Å². The van der Waals surface area contributed by atoms with Crippen molar-refractivity contribution in [3.63, 3.8) is 0 Å². The Labute approximate surface area is 156 Å². The van der Waals surface area contributed by atoms with Crippen LogP contribution in [0.4, 0.5) is 0 Å². The summed E-state index contributed by atoms with van der Waals surface area (Å²) in [5.41, 5.74) is 3.14. The van der Waals surface area contributed by atoms with Crippen LogP contribution in [-0.2, 0) is 0 Å². The molecule has 2 aromatic carbocycles. The van der Waals surface area contributed by atoms with E-state index in [4.69, 9.17) is 0 Å². The van der Waals surface area contributed by atoms with Gasteiger partial charge in [0.15, 0.2) is 11.5 Å². The molecule has 2 aromatic heterocycles. The lowest BCUT2D eigenvalue weighted by molar-refractivity contribution is -0.662. The van der Waals surface area contributed by atoms with Crippen molar-refractivity contribution in [1.82, 2.24) is 9.50 Å². The lowest BCUT2D eigenvalue weighted by Crippen LogP contribution is -2.37. The Morgan fingerprint density at radius 2 is 1.59 bits per heavy atom. The summed E-state index contributed by atoms with van der Waals surface area (Å²) in [4.78, 5) is 12.3. The van der Waals surface area contributed by atoms with Gasteiger partial charge in [-0.3, -0.25) is 4.79 Å². The first-order chi connectivity index (χ1) is 13.0. The number of hydrogen-bond donors (Lipinski definition) is 0. The first-order valence-electron chi connectivity index (χ1n) is 8.77. The average molecular weight is 357 g/mol. The van der Waals surface area contributed by atoms with E-state index in [1.807, 2.05) is 62.4 Å². The molecule has 5 nitrogen and oxygen atoms in total. The van der Waals surface area contributed by atoms with Gasteiger partial charge in [0.2, 0.25) is 0 Å². The topological polar surface area (TPSA) is 61.3 Å². The molecule has 0 fully saturated rings. The number of carbonyl (C=O) groups is 1. The minimum absolute atomic E-state index is 0.102. The molecular formula is C22H19N3O2. The van der Waals surface area contributed by atoms with E-state index in [0.29, 0.717) is 27.7 Å². The maximum Gasteiger partial charge on any atom is 0.286 e. The van der Waals surface area contributed by atoms with E-state index in [-0.39, 0.29) is 11.5 Å². The minimum atomic E-state index is -0.119. The number of ketones is 1. The summed E-state index contributed by atoms with van der Waals surface area (Å²) in [7, 11) is 0. The van der Waals surface area contributed by atoms with Crippen molar-refractivity contribution in [3.05, 3.63) is 88.5 Å². The predicted molar refractivity (Wildman–Crippen MR) is 100 cm³/mol. The van der Waals surface area contributed by atoms with Crippen molar-refractivity contribution < 1.29 is 14.6 Å². The zero-order valence-electron chi connectivity index (χ0n) is 15.4. The summed E-state index contributed by atoms with van der Waals surface area (Å²) in [5, 5.41) is 18.4. The Balaban J connectivity index is 2.16. The predicted octanol–water partition coefficient (Wildman–Crippen LogP) is 1.67. The fourth-order valence-corrected chi connectivity index (χ4v) is 3.58. The SMILES string of the molecule is CC(=O)c1c(C)/c(=C(/[O-])c2ccccc2)n2c(C)[n+](-c3ccccc3)nc12. The number of Topliss-reactive ketones (excluding diaryl/α,β-unsaturated/α-hetero) is 1. The molecule has 0 aliphatic carbocycles. The van der Waals surface area contributed by atoms with Crippen LogP contribution in [0.1, 0.15) is 34.2 Å². The van der Waals surface area contributed by atoms with Crippen LogP contribution in [0.2, 0.25) is 0 Å². The summed E-state index contributed by atoms with van der Waals surface area (Å²) in [6, 6.07) is 18.8. The van der Waals surface area contributed by atoms with Crippen LogP contribution in [0.5, 0.6) is 0 Å². The van der Waals surface area contributed by atoms with Crippen LogP contribution in [-0.4, -0.2) is 15.3 Å². The van der Waals surface area contributed by atoms with Crippen molar-refractivity contribution in [2.24, 2.45) is 0 Å². The Kier molecular flexibility index (Phi) is 4.00. The molecule has 0 bridgehead atoms. The molecule has 0 saturated heterocycles. The molecule has 27 heavy (non-hydrogen) atoms. The molecule has 0 saturated carbocycles. The molecule has 0 radical (unpaired) electrons. The van der Waals surface area contributed by atoms with Crippen molar-refractivity contribution >= 4 is 17.2 Å². The van der Waals surface area contributed by atoms with E-state index in [2.05, 4.69) is 5.10 Å². The van der Waals surface area contributed by atoms with Gasteiger partial charge in [0.25, 0.3) is 11.5 Å². The van der Waals surface area contributed by atoms with E-state index < -0.39 is 0 Å². The number of hydrogen-bond acceptors (Lipinski definition) is 3. The van der Waals surface area contributed by atoms with Gasteiger partial charge >= 0.3 is 0 Å². The summed E-state index contributed by atoms with van der Waals surface area (Å²) in [5.74, 6) is 0.548. The number of para-hydroxylation sites is 1. The van der Waals surface area contributed by atoms with Gasteiger partial charge in [0.05, 0.1) is 5.56 Å². The molecule has 0 amide bonds. The second-order valence-electron chi connectivity index (χ2n) is 6.55. The van der Waals surface area contributed by atoms with Gasteiger partial charge in [-0.25, -0.2) is 0 Å². The maximum absolute atomic E-state index is 13.2. The molecule has 4 rings (SSSR count).